The minimum absolute atomic E-state index is 0.311. The number of aromatic nitrogens is 3. The van der Waals surface area contributed by atoms with Gasteiger partial charge in [-0.2, -0.15) is 0 Å². The minimum atomic E-state index is 0.311. The van der Waals surface area contributed by atoms with Gasteiger partial charge in [0.05, 0.1) is 0 Å². The predicted molar refractivity (Wildman–Crippen MR) is 64.6 cm³/mol. The van der Waals surface area contributed by atoms with Crippen LogP contribution in [0.1, 0.15) is 31.9 Å². The van der Waals surface area contributed by atoms with Crippen molar-refractivity contribution < 1.29 is 4.42 Å². The summed E-state index contributed by atoms with van der Waals surface area (Å²) in [7, 11) is 0. The topological polar surface area (TPSA) is 43.9 Å². The first-order valence-corrected chi connectivity index (χ1v) is 6.04. The number of furan rings is 1. The lowest BCUT2D eigenvalue weighted by Crippen LogP contribution is -2.27. The average molecular weight is 231 g/mol. The Hall–Kier alpha value is -1.58. The first-order valence-electron chi connectivity index (χ1n) is 6.04. The van der Waals surface area contributed by atoms with E-state index in [9.17, 15) is 0 Å². The van der Waals surface area contributed by atoms with Crippen LogP contribution in [0.4, 0.5) is 0 Å². The van der Waals surface area contributed by atoms with Crippen LogP contribution in [0.5, 0.6) is 0 Å². The van der Waals surface area contributed by atoms with E-state index in [-0.39, 0.29) is 0 Å². The molecule has 0 N–H and O–H groups in total. The van der Waals surface area contributed by atoms with E-state index in [1.165, 1.54) is 6.42 Å². The Morgan fingerprint density at radius 1 is 1.29 bits per heavy atom. The quantitative estimate of drug-likeness (QED) is 0.758. The van der Waals surface area contributed by atoms with Gasteiger partial charge in [-0.05, 0) is 30.9 Å². The van der Waals surface area contributed by atoms with Crippen LogP contribution in [0.15, 0.2) is 16.5 Å². The van der Waals surface area contributed by atoms with Crippen LogP contribution in [-0.4, -0.2) is 14.8 Å². The van der Waals surface area contributed by atoms with Crippen LogP contribution < -0.4 is 0 Å². The number of fused-ring (bicyclic) bond motifs is 1. The SMILES string of the molecule is Cc1ccc(-c2nnc3n2CC(C)(C)CC3)o1. The summed E-state index contributed by atoms with van der Waals surface area (Å²) in [5, 5.41) is 8.53. The number of hydrogen-bond donors (Lipinski definition) is 0. The van der Waals surface area contributed by atoms with E-state index in [4.69, 9.17) is 4.42 Å². The van der Waals surface area contributed by atoms with Crippen molar-refractivity contribution in [1.82, 2.24) is 14.8 Å². The maximum atomic E-state index is 5.64. The van der Waals surface area contributed by atoms with Gasteiger partial charge in [0, 0.05) is 13.0 Å². The Balaban J connectivity index is 2.06. The van der Waals surface area contributed by atoms with E-state index in [1.54, 1.807) is 0 Å². The van der Waals surface area contributed by atoms with Gasteiger partial charge in [0.1, 0.15) is 11.6 Å². The van der Waals surface area contributed by atoms with Crippen molar-refractivity contribution in [2.75, 3.05) is 0 Å². The lowest BCUT2D eigenvalue weighted by atomic mass is 9.85. The molecule has 1 aliphatic heterocycles. The molecule has 0 unspecified atom stereocenters. The second-order valence-corrected chi connectivity index (χ2v) is 5.60. The molecule has 0 fully saturated rings. The summed E-state index contributed by atoms with van der Waals surface area (Å²) in [5.41, 5.74) is 0.311. The summed E-state index contributed by atoms with van der Waals surface area (Å²) >= 11 is 0. The molecular formula is C13H17N3O. The Morgan fingerprint density at radius 2 is 2.12 bits per heavy atom. The van der Waals surface area contributed by atoms with Gasteiger partial charge in [-0.1, -0.05) is 13.8 Å². The third kappa shape index (κ3) is 1.77. The van der Waals surface area contributed by atoms with Gasteiger partial charge in [0.25, 0.3) is 0 Å². The van der Waals surface area contributed by atoms with Crippen molar-refractivity contribution in [3.8, 4) is 11.6 Å². The molecule has 3 heterocycles. The number of nitrogens with zero attached hydrogens (tertiary/aromatic N) is 3. The lowest BCUT2D eigenvalue weighted by Gasteiger charge is -2.30. The van der Waals surface area contributed by atoms with Crippen LogP contribution in [0.2, 0.25) is 0 Å². The molecule has 2 aromatic rings. The zero-order valence-electron chi connectivity index (χ0n) is 10.5. The largest absolute Gasteiger partial charge is 0.458 e. The Morgan fingerprint density at radius 3 is 2.82 bits per heavy atom. The van der Waals surface area contributed by atoms with Crippen LogP contribution in [-0.2, 0) is 13.0 Å². The highest BCUT2D eigenvalue weighted by Gasteiger charge is 2.29. The molecule has 0 aliphatic carbocycles. The number of hydrogen-bond acceptors (Lipinski definition) is 3. The smallest absolute Gasteiger partial charge is 0.199 e. The number of rotatable bonds is 1. The summed E-state index contributed by atoms with van der Waals surface area (Å²) in [6.45, 7) is 7.48. The number of aryl methyl sites for hydroxylation is 2. The Kier molecular flexibility index (Phi) is 2.15. The molecule has 0 aromatic carbocycles. The molecule has 3 rings (SSSR count). The van der Waals surface area contributed by atoms with Crippen LogP contribution in [0, 0.1) is 12.3 Å². The van der Waals surface area contributed by atoms with Gasteiger partial charge in [0.15, 0.2) is 11.6 Å². The van der Waals surface area contributed by atoms with E-state index in [2.05, 4.69) is 28.6 Å². The van der Waals surface area contributed by atoms with Crippen molar-refractivity contribution in [2.45, 2.75) is 40.2 Å². The van der Waals surface area contributed by atoms with Gasteiger partial charge in [-0.25, -0.2) is 0 Å². The third-order valence-electron chi connectivity index (χ3n) is 3.40. The van der Waals surface area contributed by atoms with Crippen LogP contribution in [0.3, 0.4) is 0 Å². The molecule has 0 saturated heterocycles. The van der Waals surface area contributed by atoms with E-state index in [1.807, 2.05) is 19.1 Å². The van der Waals surface area contributed by atoms with Crippen LogP contribution >= 0.6 is 0 Å². The van der Waals surface area contributed by atoms with Crippen molar-refractivity contribution >= 4 is 0 Å². The van der Waals surface area contributed by atoms with Gasteiger partial charge < -0.3 is 8.98 Å². The van der Waals surface area contributed by atoms with E-state index in [0.717, 1.165) is 36.1 Å². The van der Waals surface area contributed by atoms with Gasteiger partial charge in [0.2, 0.25) is 0 Å². The predicted octanol–water partition coefficient (Wildman–Crippen LogP) is 2.82. The highest BCUT2D eigenvalue weighted by Crippen LogP contribution is 2.33. The lowest BCUT2D eigenvalue weighted by molar-refractivity contribution is 0.248. The molecule has 4 nitrogen and oxygen atoms in total. The van der Waals surface area contributed by atoms with E-state index in [0.29, 0.717) is 5.41 Å². The molecule has 2 aromatic heterocycles. The average Bonchev–Trinajstić information content (AvgIpc) is 2.82. The zero-order valence-corrected chi connectivity index (χ0v) is 10.5. The molecule has 90 valence electrons. The molecular weight excluding hydrogens is 214 g/mol. The second-order valence-electron chi connectivity index (χ2n) is 5.60. The molecule has 17 heavy (non-hydrogen) atoms. The maximum absolute atomic E-state index is 5.64. The highest BCUT2D eigenvalue weighted by atomic mass is 16.3. The molecule has 0 saturated carbocycles. The summed E-state index contributed by atoms with van der Waals surface area (Å²) in [4.78, 5) is 0. The fourth-order valence-corrected chi connectivity index (χ4v) is 2.38. The van der Waals surface area contributed by atoms with Gasteiger partial charge >= 0.3 is 0 Å². The Labute approximate surface area is 101 Å². The van der Waals surface area contributed by atoms with Crippen molar-refractivity contribution in [1.29, 1.82) is 0 Å². The molecule has 0 spiro atoms. The second kappa shape index (κ2) is 3.45. The molecule has 0 bridgehead atoms. The first-order chi connectivity index (χ1) is 8.05. The summed E-state index contributed by atoms with van der Waals surface area (Å²) in [6.07, 6.45) is 2.17. The fourth-order valence-electron chi connectivity index (χ4n) is 2.38. The molecule has 0 amide bonds. The monoisotopic (exact) mass is 231 g/mol. The highest BCUT2D eigenvalue weighted by molar-refractivity contribution is 5.47. The molecule has 1 aliphatic rings. The van der Waals surface area contributed by atoms with Crippen molar-refractivity contribution in [2.24, 2.45) is 5.41 Å². The van der Waals surface area contributed by atoms with Gasteiger partial charge in [-0.3, -0.25) is 0 Å². The first kappa shape index (κ1) is 10.6. The summed E-state index contributed by atoms with van der Waals surface area (Å²) in [6, 6.07) is 3.93. The third-order valence-corrected chi connectivity index (χ3v) is 3.40. The molecule has 0 radical (unpaired) electrons. The maximum Gasteiger partial charge on any atom is 0.199 e. The summed E-state index contributed by atoms with van der Waals surface area (Å²) in [5.74, 6) is 3.67. The molecule has 4 heteroatoms. The Bertz CT molecular complexity index is 551. The summed E-state index contributed by atoms with van der Waals surface area (Å²) < 4.78 is 7.84. The zero-order chi connectivity index (χ0) is 12.0. The van der Waals surface area contributed by atoms with Crippen molar-refractivity contribution in [3.63, 3.8) is 0 Å². The minimum Gasteiger partial charge on any atom is -0.458 e. The normalized spacial score (nSPS) is 18.1. The standard InChI is InChI=1S/C13H17N3O/c1-9-4-5-10(17-9)12-15-14-11-6-7-13(2,3)8-16(11)12/h4-5H,6-8H2,1-3H3. The van der Waals surface area contributed by atoms with E-state index >= 15 is 0 Å². The van der Waals surface area contributed by atoms with Crippen molar-refractivity contribution in [3.05, 3.63) is 23.7 Å². The fraction of sp³-hybridized carbons (Fsp3) is 0.538. The van der Waals surface area contributed by atoms with E-state index < -0.39 is 0 Å². The molecule has 0 atom stereocenters. The van der Waals surface area contributed by atoms with Gasteiger partial charge in [-0.15, -0.1) is 10.2 Å². The van der Waals surface area contributed by atoms with Crippen LogP contribution in [0.25, 0.3) is 11.6 Å².